The Bertz CT molecular complexity index is 782. The van der Waals surface area contributed by atoms with Gasteiger partial charge in [0, 0.05) is 18.3 Å². The van der Waals surface area contributed by atoms with Crippen LogP contribution in [0.1, 0.15) is 86.0 Å². The second kappa shape index (κ2) is 6.78. The van der Waals surface area contributed by atoms with E-state index in [0.717, 1.165) is 32.1 Å². The van der Waals surface area contributed by atoms with Gasteiger partial charge in [0.15, 0.2) is 17.2 Å². The highest BCUT2D eigenvalue weighted by Crippen LogP contribution is 2.69. The lowest BCUT2D eigenvalue weighted by atomic mass is 9.44. The summed E-state index contributed by atoms with van der Waals surface area (Å²) in [6, 6.07) is 0. The first kappa shape index (κ1) is 20.8. The van der Waals surface area contributed by atoms with Crippen molar-refractivity contribution < 1.29 is 19.1 Å². The fraction of sp³-hybridized carbons (Fsp3) is 0.800. The molecule has 7 unspecified atom stereocenters. The zero-order valence-corrected chi connectivity index (χ0v) is 18.7. The van der Waals surface area contributed by atoms with Crippen molar-refractivity contribution in [2.45, 2.75) is 91.6 Å². The molecular formula is C25H36O4. The second-order valence-electron chi connectivity index (χ2n) is 10.7. The molecule has 0 N–H and O–H groups in total. The van der Waals surface area contributed by atoms with Gasteiger partial charge >= 0.3 is 5.97 Å². The largest absolute Gasteiger partial charge is 0.450 e. The molecule has 4 heteroatoms. The topological polar surface area (TPSA) is 60.4 Å². The van der Waals surface area contributed by atoms with Gasteiger partial charge in [-0.05, 0) is 80.6 Å². The van der Waals surface area contributed by atoms with Crippen LogP contribution in [0.15, 0.2) is 11.6 Å². The Kier molecular flexibility index (Phi) is 4.87. The number of esters is 1. The zero-order valence-electron chi connectivity index (χ0n) is 18.7. The van der Waals surface area contributed by atoms with E-state index in [2.05, 4.69) is 20.8 Å². The number of rotatable bonds is 3. The van der Waals surface area contributed by atoms with E-state index in [1.165, 1.54) is 5.57 Å². The average Bonchev–Trinajstić information content (AvgIpc) is 2.97. The summed E-state index contributed by atoms with van der Waals surface area (Å²) in [5.74, 6) is 1.92. The van der Waals surface area contributed by atoms with Gasteiger partial charge in [0.25, 0.3) is 0 Å². The molecule has 0 spiro atoms. The monoisotopic (exact) mass is 400 g/mol. The number of ketones is 2. The van der Waals surface area contributed by atoms with E-state index < -0.39 is 5.60 Å². The van der Waals surface area contributed by atoms with Crippen LogP contribution in [0.3, 0.4) is 0 Å². The Morgan fingerprint density at radius 3 is 2.48 bits per heavy atom. The maximum atomic E-state index is 12.9. The van der Waals surface area contributed by atoms with Crippen LogP contribution in [0.4, 0.5) is 0 Å². The van der Waals surface area contributed by atoms with Gasteiger partial charge in [0.05, 0.1) is 0 Å². The van der Waals surface area contributed by atoms with Crippen molar-refractivity contribution in [3.05, 3.63) is 11.6 Å². The lowest BCUT2D eigenvalue weighted by Gasteiger charge is -2.60. The van der Waals surface area contributed by atoms with Crippen molar-refractivity contribution in [3.8, 4) is 0 Å². The van der Waals surface area contributed by atoms with Gasteiger partial charge in [-0.1, -0.05) is 33.3 Å². The minimum absolute atomic E-state index is 0.0154. The average molecular weight is 401 g/mol. The van der Waals surface area contributed by atoms with Gasteiger partial charge in [-0.15, -0.1) is 0 Å². The molecule has 4 aliphatic rings. The summed E-state index contributed by atoms with van der Waals surface area (Å²) < 4.78 is 5.99. The van der Waals surface area contributed by atoms with Crippen LogP contribution >= 0.6 is 0 Å². The summed E-state index contributed by atoms with van der Waals surface area (Å²) in [6.07, 6.45) is 8.52. The molecule has 0 saturated heterocycles. The Balaban J connectivity index is 1.72. The zero-order chi connectivity index (χ0) is 21.2. The molecule has 0 bridgehead atoms. The van der Waals surface area contributed by atoms with Crippen LogP contribution < -0.4 is 0 Å². The summed E-state index contributed by atoms with van der Waals surface area (Å²) in [6.45, 7) is 10.3. The van der Waals surface area contributed by atoms with Gasteiger partial charge in [-0.3, -0.25) is 14.4 Å². The quantitative estimate of drug-likeness (QED) is 0.622. The molecule has 0 heterocycles. The summed E-state index contributed by atoms with van der Waals surface area (Å²) in [4.78, 5) is 37.3. The summed E-state index contributed by atoms with van der Waals surface area (Å²) in [5.41, 5.74) is 0.219. The Labute approximate surface area is 174 Å². The van der Waals surface area contributed by atoms with Crippen LogP contribution in [0.2, 0.25) is 0 Å². The number of hydrogen-bond acceptors (Lipinski definition) is 4. The van der Waals surface area contributed by atoms with Gasteiger partial charge in [-0.2, -0.15) is 0 Å². The van der Waals surface area contributed by atoms with E-state index in [-0.39, 0.29) is 28.4 Å². The van der Waals surface area contributed by atoms with E-state index in [4.69, 9.17) is 4.74 Å². The minimum Gasteiger partial charge on any atom is -0.450 e. The van der Waals surface area contributed by atoms with Crippen LogP contribution in [0, 0.1) is 34.5 Å². The molecule has 0 aromatic carbocycles. The second-order valence-corrected chi connectivity index (χ2v) is 10.7. The SMILES string of the molecule is CCC(=O)OC1(C(C)=O)CCC2C3CC(C)C4=CC(=O)CCC4(C)C3CCC21C. The lowest BCUT2D eigenvalue weighted by Crippen LogP contribution is -2.59. The predicted octanol–water partition coefficient (Wildman–Crippen LogP) is 5.05. The van der Waals surface area contributed by atoms with Gasteiger partial charge < -0.3 is 4.74 Å². The molecule has 4 rings (SSSR count). The highest BCUT2D eigenvalue weighted by atomic mass is 16.6. The first-order valence-electron chi connectivity index (χ1n) is 11.6. The van der Waals surface area contributed by atoms with Crippen LogP contribution in [0.25, 0.3) is 0 Å². The fourth-order valence-corrected chi connectivity index (χ4v) is 8.07. The molecule has 0 aliphatic heterocycles. The lowest BCUT2D eigenvalue weighted by molar-refractivity contribution is -0.189. The predicted molar refractivity (Wildman–Crippen MR) is 111 cm³/mol. The number of Topliss-reactive ketones (excluding diaryl/α,β-unsaturated/α-hetero) is 1. The maximum absolute atomic E-state index is 12.9. The molecule has 3 saturated carbocycles. The molecule has 4 nitrogen and oxygen atoms in total. The number of carbonyl (C=O) groups excluding carboxylic acids is 3. The number of ether oxygens (including phenoxy) is 1. The van der Waals surface area contributed by atoms with E-state index in [9.17, 15) is 14.4 Å². The third kappa shape index (κ3) is 2.73. The summed E-state index contributed by atoms with van der Waals surface area (Å²) in [7, 11) is 0. The number of fused-ring (bicyclic) bond motifs is 5. The molecule has 160 valence electrons. The Morgan fingerprint density at radius 2 is 1.83 bits per heavy atom. The van der Waals surface area contributed by atoms with E-state index in [0.29, 0.717) is 42.9 Å². The van der Waals surface area contributed by atoms with E-state index >= 15 is 0 Å². The van der Waals surface area contributed by atoms with Gasteiger partial charge in [0.1, 0.15) is 0 Å². The van der Waals surface area contributed by atoms with E-state index in [1.54, 1.807) is 13.8 Å². The third-order valence-corrected chi connectivity index (χ3v) is 9.54. The van der Waals surface area contributed by atoms with Crippen molar-refractivity contribution >= 4 is 17.5 Å². The molecule has 0 aromatic heterocycles. The number of hydrogen-bond donors (Lipinski definition) is 0. The Hall–Kier alpha value is -1.45. The standard InChI is InChI=1S/C25H36O4/c1-6-22(28)29-25(16(3)26)12-9-20-18-13-15(2)21-14-17(27)7-10-23(21,4)19(18)8-11-24(20,25)5/h14-15,18-20H,6-13H2,1-5H3. The van der Waals surface area contributed by atoms with Crippen molar-refractivity contribution in [3.63, 3.8) is 0 Å². The minimum atomic E-state index is -0.960. The molecular weight excluding hydrogens is 364 g/mol. The number of allylic oxidation sites excluding steroid dienone is 1. The van der Waals surface area contributed by atoms with E-state index in [1.807, 2.05) is 6.08 Å². The summed E-state index contributed by atoms with van der Waals surface area (Å²) in [5, 5.41) is 0. The molecule has 0 amide bonds. The maximum Gasteiger partial charge on any atom is 0.306 e. The Morgan fingerprint density at radius 1 is 1.14 bits per heavy atom. The van der Waals surface area contributed by atoms with Crippen LogP contribution in [-0.4, -0.2) is 23.1 Å². The normalized spacial score (nSPS) is 46.2. The highest BCUT2D eigenvalue weighted by molar-refractivity contribution is 5.92. The van der Waals surface area contributed by atoms with Crippen molar-refractivity contribution in [2.24, 2.45) is 34.5 Å². The van der Waals surface area contributed by atoms with Crippen molar-refractivity contribution in [1.29, 1.82) is 0 Å². The van der Waals surface area contributed by atoms with Gasteiger partial charge in [-0.25, -0.2) is 0 Å². The number of carbonyl (C=O) groups is 3. The molecule has 0 radical (unpaired) electrons. The molecule has 29 heavy (non-hydrogen) atoms. The van der Waals surface area contributed by atoms with Crippen molar-refractivity contribution in [1.82, 2.24) is 0 Å². The third-order valence-electron chi connectivity index (χ3n) is 9.54. The van der Waals surface area contributed by atoms with Crippen molar-refractivity contribution in [2.75, 3.05) is 0 Å². The molecule has 4 aliphatic carbocycles. The van der Waals surface area contributed by atoms with Crippen LogP contribution in [-0.2, 0) is 19.1 Å². The fourth-order valence-electron chi connectivity index (χ4n) is 8.07. The molecule has 3 fully saturated rings. The smallest absolute Gasteiger partial charge is 0.306 e. The van der Waals surface area contributed by atoms with Gasteiger partial charge in [0.2, 0.25) is 0 Å². The highest BCUT2D eigenvalue weighted by Gasteiger charge is 2.68. The molecule has 0 aromatic rings. The van der Waals surface area contributed by atoms with Crippen LogP contribution in [0.5, 0.6) is 0 Å². The molecule has 7 atom stereocenters. The summed E-state index contributed by atoms with van der Waals surface area (Å²) >= 11 is 0. The first-order valence-corrected chi connectivity index (χ1v) is 11.6. The first-order chi connectivity index (χ1) is 13.6.